The molecular formula is C56H71N11O5. The number of imide groups is 1. The van der Waals surface area contributed by atoms with Crippen molar-refractivity contribution in [2.45, 2.75) is 152 Å². The maximum Gasteiger partial charge on any atom is 0.238 e. The van der Waals surface area contributed by atoms with Gasteiger partial charge < -0.3 is 34.4 Å². The minimum Gasteiger partial charge on any atom is -0.366 e. The van der Waals surface area contributed by atoms with E-state index in [9.17, 15) is 19.2 Å². The molecule has 5 saturated heterocycles. The summed E-state index contributed by atoms with van der Waals surface area (Å²) in [6, 6.07) is 13.9. The summed E-state index contributed by atoms with van der Waals surface area (Å²) in [7, 11) is 0. The van der Waals surface area contributed by atoms with E-state index in [-0.39, 0.29) is 59.4 Å². The summed E-state index contributed by atoms with van der Waals surface area (Å²) >= 11 is 0. The maximum absolute atomic E-state index is 15.2. The Morgan fingerprint density at radius 3 is 2.33 bits per heavy atom. The smallest absolute Gasteiger partial charge is 0.238 e. The van der Waals surface area contributed by atoms with Gasteiger partial charge in [-0.1, -0.05) is 24.6 Å². The third-order valence-electron chi connectivity index (χ3n) is 17.9. The van der Waals surface area contributed by atoms with Crippen molar-refractivity contribution in [2.24, 2.45) is 11.8 Å². The van der Waals surface area contributed by atoms with Gasteiger partial charge in [0.1, 0.15) is 11.3 Å². The summed E-state index contributed by atoms with van der Waals surface area (Å²) in [5.41, 5.74) is 6.04. The molecule has 16 nitrogen and oxygen atoms in total. The first-order valence-electron chi connectivity index (χ1n) is 27.5. The number of nitrogens with one attached hydrogen (secondary N) is 2. The highest BCUT2D eigenvalue weighted by molar-refractivity contribution is 6.09. The second-order valence-corrected chi connectivity index (χ2v) is 22.8. The van der Waals surface area contributed by atoms with Gasteiger partial charge in [-0.2, -0.15) is 0 Å². The van der Waals surface area contributed by atoms with Crippen LogP contribution in [0.2, 0.25) is 0 Å². The number of anilines is 3. The topological polar surface area (TPSA) is 169 Å². The lowest BCUT2D eigenvalue weighted by Crippen LogP contribution is -2.58. The predicted octanol–water partition coefficient (Wildman–Crippen LogP) is 6.94. The van der Waals surface area contributed by atoms with E-state index in [1.165, 1.54) is 19.3 Å². The quantitative estimate of drug-likeness (QED) is 0.150. The summed E-state index contributed by atoms with van der Waals surface area (Å²) in [5, 5.41) is 6.14. The standard InChI is InChI=1S/C56H71N11O5/c1-35(2)66-34-58-46-31-45(60-52(51(46)66)59-40-10-11-40)38-8-13-44-47(28-38)67(42-29-41(30-42)62-20-4-3-5-21-62)55(72)56(44)18-25-64(26-19-56)50(69)27-36-7-6-22-65(33-36)54(71)37-16-23-63(24-17-37)48-14-9-39(32-57-48)43-12-15-49(68)61-53(43)70/h8-9,13-14,28,31-32,34-37,40-43H,3-7,10-12,15-27,29-30,33H2,1-2H3,(H,59,60)(H,61,68,70)/t36-,41?,42?,43+/m0/s1. The van der Waals surface area contributed by atoms with Crippen molar-refractivity contribution in [3.05, 3.63) is 60.0 Å². The van der Waals surface area contributed by atoms with E-state index in [2.05, 4.69) is 73.0 Å². The lowest BCUT2D eigenvalue weighted by Gasteiger charge is -2.48. The Balaban J connectivity index is 0.699. The molecule has 72 heavy (non-hydrogen) atoms. The van der Waals surface area contributed by atoms with E-state index in [1.54, 1.807) is 6.20 Å². The molecule has 6 aliphatic heterocycles. The first kappa shape index (κ1) is 47.1. The minimum absolute atomic E-state index is 0.0638. The van der Waals surface area contributed by atoms with E-state index in [0.29, 0.717) is 63.8 Å². The lowest BCUT2D eigenvalue weighted by atomic mass is 9.73. The zero-order valence-electron chi connectivity index (χ0n) is 42.2. The Morgan fingerprint density at radius 2 is 1.61 bits per heavy atom. The maximum atomic E-state index is 15.2. The molecule has 2 atom stereocenters. The molecule has 9 heterocycles. The molecule has 16 heteroatoms. The molecule has 12 rings (SSSR count). The third-order valence-corrected chi connectivity index (χ3v) is 17.9. The van der Waals surface area contributed by atoms with Gasteiger partial charge in [0.25, 0.3) is 0 Å². The Kier molecular flexibility index (Phi) is 12.6. The van der Waals surface area contributed by atoms with Crippen LogP contribution >= 0.6 is 0 Å². The molecule has 380 valence electrons. The minimum atomic E-state index is -0.675. The summed E-state index contributed by atoms with van der Waals surface area (Å²) < 4.78 is 2.20. The fourth-order valence-electron chi connectivity index (χ4n) is 13.4. The van der Waals surface area contributed by atoms with Crippen LogP contribution in [0.5, 0.6) is 0 Å². The summed E-state index contributed by atoms with van der Waals surface area (Å²) in [6.07, 6.45) is 17.5. The Labute approximate surface area is 422 Å². The van der Waals surface area contributed by atoms with E-state index in [1.807, 2.05) is 28.3 Å². The van der Waals surface area contributed by atoms with Gasteiger partial charge in [-0.3, -0.25) is 29.3 Å². The van der Waals surface area contributed by atoms with Crippen LogP contribution in [0.25, 0.3) is 22.3 Å². The highest BCUT2D eigenvalue weighted by Crippen LogP contribution is 2.52. The number of hydrogen-bond acceptors (Lipinski definition) is 11. The highest BCUT2D eigenvalue weighted by Gasteiger charge is 2.56. The van der Waals surface area contributed by atoms with Crippen molar-refractivity contribution < 1.29 is 24.0 Å². The van der Waals surface area contributed by atoms with Gasteiger partial charge in [0.15, 0.2) is 5.82 Å². The molecule has 0 unspecified atom stereocenters. The summed E-state index contributed by atoms with van der Waals surface area (Å²) in [5.74, 6) is 1.42. The molecule has 2 N–H and O–H groups in total. The second kappa shape index (κ2) is 19.2. The van der Waals surface area contributed by atoms with E-state index in [0.717, 1.165) is 135 Å². The molecule has 1 spiro atoms. The zero-order chi connectivity index (χ0) is 49.3. The fourth-order valence-corrected chi connectivity index (χ4v) is 13.4. The number of likely N-dealkylation sites (tertiary alicyclic amines) is 3. The van der Waals surface area contributed by atoms with E-state index >= 15 is 4.79 Å². The van der Waals surface area contributed by atoms with Gasteiger partial charge in [-0.15, -0.1) is 0 Å². The molecule has 3 aromatic heterocycles. The van der Waals surface area contributed by atoms with Crippen LogP contribution in [0, 0.1) is 11.8 Å². The first-order chi connectivity index (χ1) is 35.0. The predicted molar refractivity (Wildman–Crippen MR) is 275 cm³/mol. The number of hydrogen-bond donors (Lipinski definition) is 2. The Morgan fingerprint density at radius 1 is 0.819 bits per heavy atom. The largest absolute Gasteiger partial charge is 0.366 e. The van der Waals surface area contributed by atoms with Crippen molar-refractivity contribution in [3.63, 3.8) is 0 Å². The molecule has 0 radical (unpaired) electrons. The number of carbonyl (C=O) groups is 5. The monoisotopic (exact) mass is 978 g/mol. The molecule has 4 aromatic rings. The number of benzene rings is 1. The van der Waals surface area contributed by atoms with Gasteiger partial charge >= 0.3 is 0 Å². The van der Waals surface area contributed by atoms with Gasteiger partial charge in [0.2, 0.25) is 29.5 Å². The Hall–Kier alpha value is -5.90. The van der Waals surface area contributed by atoms with Gasteiger partial charge in [0, 0.05) is 99.6 Å². The van der Waals surface area contributed by atoms with Crippen LogP contribution in [0.4, 0.5) is 17.3 Å². The molecule has 2 aliphatic carbocycles. The van der Waals surface area contributed by atoms with E-state index < -0.39 is 5.41 Å². The fraction of sp³-hybridized carbons (Fsp3) is 0.607. The summed E-state index contributed by atoms with van der Waals surface area (Å²) in [6.45, 7) is 10.5. The number of piperidine rings is 5. The van der Waals surface area contributed by atoms with Crippen LogP contribution in [-0.4, -0.2) is 134 Å². The van der Waals surface area contributed by atoms with Crippen molar-refractivity contribution >= 4 is 57.9 Å². The SMILES string of the molecule is CC(C)n1cnc2cc(-c3ccc4c(c3)N(C3CC(N5CCCCC5)C3)C(=O)C43CCN(C(=O)C[C@@H]4CCCN(C(=O)C5CCN(c6ccc([C@H]7CCC(=O)NC7=O)cn6)CC5)C4)CC3)nc(NC3CC3)c21. The number of aromatic nitrogens is 4. The van der Waals surface area contributed by atoms with Gasteiger partial charge in [-0.05, 0) is 146 Å². The number of imidazole rings is 1. The van der Waals surface area contributed by atoms with Crippen molar-refractivity contribution in [1.29, 1.82) is 0 Å². The van der Waals surface area contributed by atoms with Crippen LogP contribution in [0.15, 0.2) is 48.9 Å². The van der Waals surface area contributed by atoms with Crippen LogP contribution in [0.3, 0.4) is 0 Å². The van der Waals surface area contributed by atoms with Crippen molar-refractivity contribution in [2.75, 3.05) is 67.5 Å². The van der Waals surface area contributed by atoms with Gasteiger partial charge in [0.05, 0.1) is 28.9 Å². The molecular weight excluding hydrogens is 907 g/mol. The number of carbonyl (C=O) groups excluding carboxylic acids is 5. The summed E-state index contributed by atoms with van der Waals surface area (Å²) in [4.78, 5) is 93.3. The van der Waals surface area contributed by atoms with Gasteiger partial charge in [-0.25, -0.2) is 15.0 Å². The van der Waals surface area contributed by atoms with E-state index in [4.69, 9.17) is 9.97 Å². The number of pyridine rings is 2. The first-order valence-corrected chi connectivity index (χ1v) is 27.5. The third kappa shape index (κ3) is 8.82. The van der Waals surface area contributed by atoms with Crippen LogP contribution < -0.4 is 20.4 Å². The number of amides is 5. The molecule has 2 saturated carbocycles. The number of rotatable bonds is 11. The second-order valence-electron chi connectivity index (χ2n) is 22.8. The number of nitrogens with zero attached hydrogens (tertiary/aromatic N) is 9. The molecule has 7 fully saturated rings. The lowest BCUT2D eigenvalue weighted by molar-refractivity contribution is -0.141. The average molecular weight is 978 g/mol. The molecule has 5 amide bonds. The normalized spacial score (nSPS) is 26.1. The molecule has 0 bridgehead atoms. The van der Waals surface area contributed by atoms with Crippen molar-refractivity contribution in [3.8, 4) is 11.3 Å². The molecule has 8 aliphatic rings. The molecule has 1 aromatic carbocycles. The Bertz CT molecular complexity index is 2740. The van der Waals surface area contributed by atoms with Crippen LogP contribution in [0.1, 0.15) is 140 Å². The number of fused-ring (bicyclic) bond motifs is 3. The highest BCUT2D eigenvalue weighted by atomic mass is 16.2. The zero-order valence-corrected chi connectivity index (χ0v) is 42.2. The van der Waals surface area contributed by atoms with Crippen molar-refractivity contribution in [1.82, 2.24) is 39.5 Å². The van der Waals surface area contributed by atoms with Crippen LogP contribution in [-0.2, 0) is 29.4 Å². The average Bonchev–Trinajstić information content (AvgIpc) is 4.05.